The highest BCUT2D eigenvalue weighted by molar-refractivity contribution is 7.86. The molecule has 3 aromatic carbocycles. The molecule has 0 fully saturated rings. The molecule has 0 aromatic heterocycles. The quantitative estimate of drug-likeness (QED) is 0.0816. The van der Waals surface area contributed by atoms with Gasteiger partial charge in [-0.2, -0.15) is 16.8 Å². The van der Waals surface area contributed by atoms with Crippen LogP contribution in [0, 0.1) is 0 Å². The highest BCUT2D eigenvalue weighted by Crippen LogP contribution is 2.54. The van der Waals surface area contributed by atoms with Gasteiger partial charge in [0.05, 0.1) is 44.2 Å². The molecular weight excluding hydrogens is 741 g/mol. The summed E-state index contributed by atoms with van der Waals surface area (Å²) in [4.78, 5) is 25.2. The van der Waals surface area contributed by atoms with Crippen LogP contribution in [0.5, 0.6) is 11.5 Å². The largest absolute Gasteiger partial charge is 0.820 e. The summed E-state index contributed by atoms with van der Waals surface area (Å²) in [6.45, 7) is 7.99. The van der Waals surface area contributed by atoms with E-state index in [1.54, 1.807) is 12.1 Å². The second-order valence-electron chi connectivity index (χ2n) is 14.8. The summed E-state index contributed by atoms with van der Waals surface area (Å²) in [5, 5.41) is 45.8. The maximum Gasteiger partial charge on any atom is 0.303 e. The van der Waals surface area contributed by atoms with Crippen LogP contribution >= 0.6 is 0 Å². The third-order valence-corrected chi connectivity index (χ3v) is 12.1. The van der Waals surface area contributed by atoms with Crippen LogP contribution < -0.4 is 20.0 Å². The van der Waals surface area contributed by atoms with Gasteiger partial charge < -0.3 is 25.3 Å². The number of carboxylic acid groups (broad SMARTS) is 2. The standard InChI is InChI=1S/C38H44N2O12S2/c1-37(2)27-19-23(53(47,48)49)13-15-29(27)39(17-9-5-7-11-33(41)42)31(37)21-25-35(45)26(36(25)46)22-32-38(3,4)28-20-24(54(50,51)52)14-16-30(28)40(32)18-10-6-8-12-34(43)44/h13-16,19-22H,5-12,17-18H2,1-4H3,(H4-,41,42,43,44,45,47,48,49,50,51,52). The Balaban J connectivity index is 1.54. The Morgan fingerprint density at radius 1 is 0.722 bits per heavy atom. The molecule has 0 saturated carbocycles. The van der Waals surface area contributed by atoms with E-state index in [-0.39, 0.29) is 33.8 Å². The topological polar surface area (TPSA) is 236 Å². The van der Waals surface area contributed by atoms with Gasteiger partial charge >= 0.3 is 11.9 Å². The Morgan fingerprint density at radius 3 is 1.56 bits per heavy atom. The summed E-state index contributed by atoms with van der Waals surface area (Å²) in [7, 11) is -9.08. The lowest BCUT2D eigenvalue weighted by Crippen LogP contribution is -2.28. The minimum absolute atomic E-state index is 0.00325. The van der Waals surface area contributed by atoms with Crippen molar-refractivity contribution < 1.29 is 56.0 Å². The lowest BCUT2D eigenvalue weighted by atomic mass is 9.81. The van der Waals surface area contributed by atoms with Gasteiger partial charge in [0.2, 0.25) is 0 Å². The van der Waals surface area contributed by atoms with Crippen LogP contribution in [0.3, 0.4) is 0 Å². The number of anilines is 2. The Kier molecular flexibility index (Phi) is 11.2. The fourth-order valence-electron chi connectivity index (χ4n) is 7.45. The Morgan fingerprint density at radius 2 is 1.15 bits per heavy atom. The summed E-state index contributed by atoms with van der Waals surface area (Å²) in [6, 6.07) is 8.38. The second kappa shape index (κ2) is 14.9. The van der Waals surface area contributed by atoms with E-state index >= 15 is 0 Å². The van der Waals surface area contributed by atoms with Gasteiger partial charge in [0.25, 0.3) is 20.2 Å². The molecule has 0 bridgehead atoms. The predicted molar refractivity (Wildman–Crippen MR) is 198 cm³/mol. The molecule has 0 amide bonds. The van der Waals surface area contributed by atoms with E-state index in [1.807, 2.05) is 37.5 Å². The Hall–Kier alpha value is -4.64. The summed E-state index contributed by atoms with van der Waals surface area (Å²) >= 11 is 0. The van der Waals surface area contributed by atoms with Crippen LogP contribution in [0.2, 0.25) is 0 Å². The molecule has 16 heteroatoms. The van der Waals surface area contributed by atoms with E-state index in [9.17, 15) is 45.7 Å². The molecule has 4 N–H and O–H groups in total. The number of carbonyl (C=O) groups is 2. The molecule has 290 valence electrons. The van der Waals surface area contributed by atoms with Crippen molar-refractivity contribution in [2.24, 2.45) is 0 Å². The van der Waals surface area contributed by atoms with E-state index in [0.717, 1.165) is 0 Å². The maximum absolute atomic E-state index is 13.9. The molecule has 2 aliphatic heterocycles. The zero-order chi connectivity index (χ0) is 40.0. The highest BCUT2D eigenvalue weighted by atomic mass is 32.2. The molecule has 0 saturated heterocycles. The first-order valence-electron chi connectivity index (χ1n) is 17.6. The van der Waals surface area contributed by atoms with Gasteiger partial charge in [-0.15, -0.1) is 0 Å². The molecular formula is C38H44N2O12S2. The van der Waals surface area contributed by atoms with E-state index < -0.39 is 54.5 Å². The molecule has 5 rings (SSSR count). The molecule has 2 aliphatic rings. The smallest absolute Gasteiger partial charge is 0.303 e. The predicted octanol–water partition coefficient (Wildman–Crippen LogP) is 5.33. The van der Waals surface area contributed by atoms with E-state index in [4.69, 9.17) is 10.2 Å². The average Bonchev–Trinajstić information content (AvgIpc) is 3.41. The van der Waals surface area contributed by atoms with E-state index in [1.165, 1.54) is 36.4 Å². The van der Waals surface area contributed by atoms with Gasteiger partial charge in [-0.1, -0.05) is 12.8 Å². The minimum atomic E-state index is -4.54. The number of hydrogen-bond acceptors (Lipinski definition) is 10. The molecule has 54 heavy (non-hydrogen) atoms. The number of benzene rings is 2. The van der Waals surface area contributed by atoms with Gasteiger partial charge in [-0.3, -0.25) is 23.6 Å². The monoisotopic (exact) mass is 784 g/mol. The summed E-state index contributed by atoms with van der Waals surface area (Å²) < 4.78 is 67.6. The maximum atomic E-state index is 13.9. The van der Waals surface area contributed by atoms with Gasteiger partial charge in [0.1, 0.15) is 17.3 Å². The van der Waals surface area contributed by atoms with Crippen LogP contribution in [0.15, 0.2) is 57.6 Å². The zero-order valence-electron chi connectivity index (χ0n) is 30.5. The van der Waals surface area contributed by atoms with Gasteiger partial charge in [0, 0.05) is 37.0 Å². The van der Waals surface area contributed by atoms with Crippen molar-refractivity contribution in [2.45, 2.75) is 99.7 Å². The first kappa shape index (κ1) is 40.5. The molecule has 0 radical (unpaired) electrons. The third-order valence-electron chi connectivity index (χ3n) is 10.4. The number of rotatable bonds is 16. The van der Waals surface area contributed by atoms with Crippen molar-refractivity contribution in [3.8, 4) is 11.5 Å². The third kappa shape index (κ3) is 7.92. The minimum Gasteiger partial charge on any atom is -0.820 e. The van der Waals surface area contributed by atoms with Crippen molar-refractivity contribution >= 4 is 55.7 Å². The fourth-order valence-corrected chi connectivity index (χ4v) is 8.46. The first-order chi connectivity index (χ1) is 25.1. The normalized spacial score (nSPS) is 17.7. The number of aliphatic carboxylic acids is 2. The van der Waals surface area contributed by atoms with Gasteiger partial charge in [-0.25, -0.2) is 0 Å². The number of unbranched alkanes of at least 4 members (excludes halogenated alkanes) is 4. The molecule has 3 aromatic rings. The van der Waals surface area contributed by atoms with Crippen LogP contribution in [0.1, 0.15) is 101 Å². The Labute approximate surface area is 314 Å². The summed E-state index contributed by atoms with van der Waals surface area (Å²) in [6.07, 6.45) is 6.17. The van der Waals surface area contributed by atoms with E-state index in [0.29, 0.717) is 85.5 Å². The SMILES string of the molecule is CC1(C)C(=Cc2c([O-])[c+](C=C3N(CCCCCC(=O)O)c4ccc(S(=O)(=O)O)cc4C3(C)C)[c+]2[O-])N(CCCCCC(=O)O)c2ccc(S(=O)(=O)O)cc21. The highest BCUT2D eigenvalue weighted by Gasteiger charge is 2.46. The van der Waals surface area contributed by atoms with Gasteiger partial charge in [-0.05, 0) is 101 Å². The van der Waals surface area contributed by atoms with Crippen LogP contribution in [0.4, 0.5) is 11.4 Å². The molecule has 14 nitrogen and oxygen atoms in total. The number of fused-ring (bicyclic) bond motifs is 2. The zero-order valence-corrected chi connectivity index (χ0v) is 32.1. The lowest BCUT2D eigenvalue weighted by molar-refractivity contribution is -0.293. The summed E-state index contributed by atoms with van der Waals surface area (Å²) in [5.41, 5.74) is 1.40. The number of nitrogens with zero attached hydrogens (tertiary/aromatic N) is 2. The Bertz CT molecular complexity index is 2070. The number of allylic oxidation sites excluding steroid dienone is 2. The second-order valence-corrected chi connectivity index (χ2v) is 17.7. The average molecular weight is 785 g/mol. The first-order valence-corrected chi connectivity index (χ1v) is 20.4. The van der Waals surface area contributed by atoms with Gasteiger partial charge in [0.15, 0.2) is 5.56 Å². The number of carboxylic acids is 2. The molecule has 0 unspecified atom stereocenters. The van der Waals surface area contributed by atoms with Crippen molar-refractivity contribution in [1.29, 1.82) is 0 Å². The molecule has 2 heterocycles. The van der Waals surface area contributed by atoms with Crippen LogP contribution in [-0.2, 0) is 40.7 Å². The van der Waals surface area contributed by atoms with Crippen molar-refractivity contribution in [3.63, 3.8) is 0 Å². The molecule has 0 spiro atoms. The van der Waals surface area contributed by atoms with Crippen molar-refractivity contribution in [3.05, 3.63) is 70.0 Å². The van der Waals surface area contributed by atoms with Crippen LogP contribution in [-0.4, -0.2) is 61.2 Å². The lowest BCUT2D eigenvalue weighted by Gasteiger charge is -2.27. The summed E-state index contributed by atoms with van der Waals surface area (Å²) in [5.74, 6) is -2.88. The fraction of sp³-hybridized carbons (Fsp3) is 0.421. The van der Waals surface area contributed by atoms with Crippen LogP contribution in [0.25, 0.3) is 12.2 Å². The van der Waals surface area contributed by atoms with Crippen molar-refractivity contribution in [2.75, 3.05) is 22.9 Å². The van der Waals surface area contributed by atoms with Crippen molar-refractivity contribution in [1.82, 2.24) is 0 Å². The molecule has 0 atom stereocenters. The number of hydrogen-bond donors (Lipinski definition) is 4. The van der Waals surface area contributed by atoms with E-state index in [2.05, 4.69) is 0 Å². The molecule has 0 aliphatic carbocycles.